The van der Waals surface area contributed by atoms with Gasteiger partial charge in [0.2, 0.25) is 0 Å². The average Bonchev–Trinajstić information content (AvgIpc) is 2.65. The highest BCUT2D eigenvalue weighted by molar-refractivity contribution is 5.87. The van der Waals surface area contributed by atoms with E-state index < -0.39 is 18.9 Å². The molecule has 5 nitrogen and oxygen atoms in total. The number of hydrogen-bond donors (Lipinski definition) is 2. The molecule has 1 rings (SSSR count). The third-order valence-corrected chi connectivity index (χ3v) is 2.09. The number of nitrogens with zero attached hydrogens (tertiary/aromatic N) is 1. The number of carboxylic acids is 1. The van der Waals surface area contributed by atoms with E-state index in [1.807, 2.05) is 0 Å². The highest BCUT2D eigenvalue weighted by Gasteiger charge is 2.15. The van der Waals surface area contributed by atoms with Crippen LogP contribution in [0.15, 0.2) is 16.7 Å². The van der Waals surface area contributed by atoms with Crippen LogP contribution in [0.4, 0.5) is 8.78 Å². The molecule has 0 aliphatic carbocycles. The fraction of sp³-hybridized carbons (Fsp3) is 0.500. The fourth-order valence-corrected chi connectivity index (χ4v) is 1.37. The number of carbonyl (C=O) groups is 1. The molecule has 0 aliphatic rings. The molecule has 0 atom stereocenters. The second-order valence-corrected chi connectivity index (χ2v) is 3.46. The van der Waals surface area contributed by atoms with Crippen LogP contribution < -0.4 is 0 Å². The Bertz CT molecular complexity index is 367. The molecule has 1 aromatic heterocycles. The van der Waals surface area contributed by atoms with Crippen molar-refractivity contribution >= 4 is 5.97 Å². The van der Waals surface area contributed by atoms with Gasteiger partial charge < -0.3 is 14.6 Å². The highest BCUT2D eigenvalue weighted by atomic mass is 19.3. The molecule has 0 radical (unpaired) electrons. The summed E-state index contributed by atoms with van der Waals surface area (Å²) in [5.74, 6) is -0.862. The maximum Gasteiger partial charge on any atom is 0.338 e. The summed E-state index contributed by atoms with van der Waals surface area (Å²) in [5, 5.41) is 17.4. The number of aromatic carboxylic acids is 1. The number of hydrogen-bond acceptors (Lipinski definition) is 4. The zero-order valence-electron chi connectivity index (χ0n) is 8.97. The van der Waals surface area contributed by atoms with Crippen LogP contribution in [0.5, 0.6) is 0 Å². The third kappa shape index (κ3) is 4.49. The molecule has 0 fully saturated rings. The summed E-state index contributed by atoms with van der Waals surface area (Å²) < 4.78 is 29.3. The number of carboxylic acid groups (broad SMARTS) is 1. The van der Waals surface area contributed by atoms with Crippen LogP contribution in [0.1, 0.15) is 16.1 Å². The molecule has 96 valence electrons. The Labute approximate surface area is 96.3 Å². The quantitative estimate of drug-likeness (QED) is 0.755. The molecule has 0 aliphatic heterocycles. The number of aliphatic hydroxyl groups excluding tert-OH is 1. The minimum absolute atomic E-state index is 0.0269. The first-order valence-electron chi connectivity index (χ1n) is 4.95. The van der Waals surface area contributed by atoms with E-state index >= 15 is 0 Å². The summed E-state index contributed by atoms with van der Waals surface area (Å²) >= 11 is 0. The Morgan fingerprint density at radius 3 is 2.71 bits per heavy atom. The third-order valence-electron chi connectivity index (χ3n) is 2.09. The van der Waals surface area contributed by atoms with Crippen LogP contribution in [0, 0.1) is 0 Å². The fourth-order valence-electron chi connectivity index (χ4n) is 1.37. The van der Waals surface area contributed by atoms with Crippen molar-refractivity contribution in [2.24, 2.45) is 0 Å². The van der Waals surface area contributed by atoms with E-state index in [9.17, 15) is 13.6 Å². The first kappa shape index (κ1) is 13.6. The smallest absolute Gasteiger partial charge is 0.338 e. The molecule has 0 spiro atoms. The summed E-state index contributed by atoms with van der Waals surface area (Å²) in [6.07, 6.45) is -1.47. The molecule has 17 heavy (non-hydrogen) atoms. The standard InChI is InChI=1S/C10H13F2NO4/c11-9(12)5-13(1-2-14)4-8-3-7(6-17-8)10(15)16/h3,6,9,14H,1-2,4-5H2,(H,15,16). The van der Waals surface area contributed by atoms with Gasteiger partial charge in [0.15, 0.2) is 0 Å². The van der Waals surface area contributed by atoms with Gasteiger partial charge in [-0.1, -0.05) is 0 Å². The molecule has 0 aromatic carbocycles. The van der Waals surface area contributed by atoms with Gasteiger partial charge >= 0.3 is 5.97 Å². The van der Waals surface area contributed by atoms with E-state index in [1.165, 1.54) is 11.0 Å². The lowest BCUT2D eigenvalue weighted by molar-refractivity contribution is 0.0693. The predicted molar refractivity (Wildman–Crippen MR) is 54.0 cm³/mol. The van der Waals surface area contributed by atoms with E-state index in [0.717, 1.165) is 6.26 Å². The molecule has 7 heteroatoms. The maximum absolute atomic E-state index is 12.2. The molecule has 1 heterocycles. The Morgan fingerprint density at radius 2 is 2.24 bits per heavy atom. The van der Waals surface area contributed by atoms with Gasteiger partial charge in [-0.25, -0.2) is 13.6 Å². The summed E-state index contributed by atoms with van der Waals surface area (Å²) in [5.41, 5.74) is -0.0269. The first-order chi connectivity index (χ1) is 8.02. The zero-order valence-corrected chi connectivity index (χ0v) is 8.97. The van der Waals surface area contributed by atoms with Crippen LogP contribution in [0.25, 0.3) is 0 Å². The number of halogens is 2. The van der Waals surface area contributed by atoms with Crippen molar-refractivity contribution in [1.29, 1.82) is 0 Å². The maximum atomic E-state index is 12.2. The summed E-state index contributed by atoms with van der Waals surface area (Å²) in [4.78, 5) is 11.9. The Kier molecular flexibility index (Phi) is 5.05. The molecular weight excluding hydrogens is 236 g/mol. The molecular formula is C10H13F2NO4. The van der Waals surface area contributed by atoms with Crippen LogP contribution in [0.3, 0.4) is 0 Å². The van der Waals surface area contributed by atoms with Gasteiger partial charge in [-0.3, -0.25) is 4.90 Å². The molecule has 0 saturated heterocycles. The van der Waals surface area contributed by atoms with E-state index in [-0.39, 0.29) is 31.0 Å². The summed E-state index contributed by atoms with van der Waals surface area (Å²) in [6.45, 7) is -0.630. The van der Waals surface area contributed by atoms with Crippen LogP contribution in [-0.4, -0.2) is 47.2 Å². The van der Waals surface area contributed by atoms with Crippen LogP contribution >= 0.6 is 0 Å². The van der Waals surface area contributed by atoms with Gasteiger partial charge in [-0.2, -0.15) is 0 Å². The van der Waals surface area contributed by atoms with Gasteiger partial charge in [0.1, 0.15) is 12.0 Å². The Morgan fingerprint density at radius 1 is 1.53 bits per heavy atom. The Hall–Kier alpha value is -1.47. The minimum atomic E-state index is -2.52. The van der Waals surface area contributed by atoms with Gasteiger partial charge in [-0.15, -0.1) is 0 Å². The lowest BCUT2D eigenvalue weighted by Crippen LogP contribution is -2.31. The van der Waals surface area contributed by atoms with Crippen molar-refractivity contribution in [3.8, 4) is 0 Å². The lowest BCUT2D eigenvalue weighted by atomic mass is 10.3. The van der Waals surface area contributed by atoms with Crippen LogP contribution in [0.2, 0.25) is 0 Å². The highest BCUT2D eigenvalue weighted by Crippen LogP contribution is 2.11. The number of alkyl halides is 2. The molecule has 0 amide bonds. The molecule has 1 aromatic rings. The second kappa shape index (κ2) is 6.31. The molecule has 0 bridgehead atoms. The summed E-state index contributed by atoms with van der Waals surface area (Å²) in [6, 6.07) is 1.28. The van der Waals surface area contributed by atoms with Crippen molar-refractivity contribution in [3.05, 3.63) is 23.7 Å². The predicted octanol–water partition coefficient (Wildman–Crippen LogP) is 1.04. The van der Waals surface area contributed by atoms with Crippen LogP contribution in [-0.2, 0) is 6.54 Å². The van der Waals surface area contributed by atoms with E-state index in [2.05, 4.69) is 0 Å². The van der Waals surface area contributed by atoms with Crippen molar-refractivity contribution < 1.29 is 28.2 Å². The van der Waals surface area contributed by atoms with Crippen molar-refractivity contribution in [2.45, 2.75) is 13.0 Å². The van der Waals surface area contributed by atoms with Gasteiger partial charge in [-0.05, 0) is 6.07 Å². The van der Waals surface area contributed by atoms with Crippen molar-refractivity contribution in [1.82, 2.24) is 4.90 Å². The first-order valence-corrected chi connectivity index (χ1v) is 4.95. The number of furan rings is 1. The SMILES string of the molecule is O=C(O)c1coc(CN(CCO)CC(F)F)c1. The number of aliphatic hydroxyl groups is 1. The monoisotopic (exact) mass is 249 g/mol. The lowest BCUT2D eigenvalue weighted by Gasteiger charge is -2.19. The molecule has 2 N–H and O–H groups in total. The van der Waals surface area contributed by atoms with Crippen molar-refractivity contribution in [3.63, 3.8) is 0 Å². The molecule has 0 unspecified atom stereocenters. The topological polar surface area (TPSA) is 73.9 Å². The van der Waals surface area contributed by atoms with E-state index in [0.29, 0.717) is 0 Å². The second-order valence-electron chi connectivity index (χ2n) is 3.46. The normalized spacial score (nSPS) is 11.4. The number of rotatable bonds is 7. The molecule has 0 saturated carbocycles. The average molecular weight is 249 g/mol. The largest absolute Gasteiger partial charge is 0.478 e. The van der Waals surface area contributed by atoms with Gasteiger partial charge in [0.05, 0.1) is 25.3 Å². The van der Waals surface area contributed by atoms with E-state index in [1.54, 1.807) is 0 Å². The van der Waals surface area contributed by atoms with Crippen molar-refractivity contribution in [2.75, 3.05) is 19.7 Å². The zero-order chi connectivity index (χ0) is 12.8. The Balaban J connectivity index is 2.61. The summed E-state index contributed by atoms with van der Waals surface area (Å²) in [7, 11) is 0. The van der Waals surface area contributed by atoms with Gasteiger partial charge in [0, 0.05) is 6.54 Å². The van der Waals surface area contributed by atoms with E-state index in [4.69, 9.17) is 14.6 Å². The van der Waals surface area contributed by atoms with Gasteiger partial charge in [0.25, 0.3) is 6.43 Å². The minimum Gasteiger partial charge on any atom is -0.478 e.